The molecule has 0 atom stereocenters. The van der Waals surface area contributed by atoms with Gasteiger partial charge < -0.3 is 16.0 Å². The van der Waals surface area contributed by atoms with Crippen molar-refractivity contribution in [1.29, 1.82) is 0 Å². The molecule has 0 aliphatic heterocycles. The van der Waals surface area contributed by atoms with E-state index < -0.39 is 0 Å². The lowest BCUT2D eigenvalue weighted by Gasteiger charge is -2.13. The van der Waals surface area contributed by atoms with E-state index in [4.69, 9.17) is 16.6 Å². The van der Waals surface area contributed by atoms with E-state index in [2.05, 4.69) is 21.0 Å². The zero-order chi connectivity index (χ0) is 25.1. The van der Waals surface area contributed by atoms with Crippen LogP contribution in [-0.2, 0) is 6.54 Å². The van der Waals surface area contributed by atoms with Gasteiger partial charge >= 0.3 is 6.03 Å². The van der Waals surface area contributed by atoms with E-state index in [1.54, 1.807) is 10.7 Å². The summed E-state index contributed by atoms with van der Waals surface area (Å²) in [6, 6.07) is 24.7. The van der Waals surface area contributed by atoms with Gasteiger partial charge in [0.05, 0.1) is 5.69 Å². The largest absolute Gasteiger partial charge is 0.366 e. The molecule has 0 spiro atoms. The molecule has 2 heterocycles. The normalized spacial score (nSPS) is 10.8. The third-order valence-corrected chi connectivity index (χ3v) is 6.06. The van der Waals surface area contributed by atoms with Gasteiger partial charge in [-0.2, -0.15) is 9.61 Å². The fraction of sp³-hybridized carbons (Fsp3) is 0.0741. The van der Waals surface area contributed by atoms with Gasteiger partial charge in [0.2, 0.25) is 0 Å². The number of rotatable bonds is 6. The second-order valence-electron chi connectivity index (χ2n) is 8.57. The predicted octanol–water partition coefficient (Wildman–Crippen LogP) is 4.87. The number of anilines is 3. The second kappa shape index (κ2) is 10.1. The van der Waals surface area contributed by atoms with Crippen molar-refractivity contribution in [3.63, 3.8) is 0 Å². The van der Waals surface area contributed by atoms with Crippen LogP contribution in [0.1, 0.15) is 11.1 Å². The van der Waals surface area contributed by atoms with Crippen molar-refractivity contribution in [2.24, 2.45) is 0 Å². The number of carbonyl (C=O) groups is 1. The number of aromatic nitrogens is 3. The van der Waals surface area contributed by atoms with E-state index in [-0.39, 0.29) is 6.03 Å². The molecule has 0 aliphatic rings. The topological polar surface area (TPSA) is 83.3 Å². The molecule has 0 fully saturated rings. The van der Waals surface area contributed by atoms with Crippen LogP contribution in [0.25, 0.3) is 16.9 Å². The van der Waals surface area contributed by atoms with E-state index in [1.165, 1.54) is 0 Å². The van der Waals surface area contributed by atoms with Crippen molar-refractivity contribution in [1.82, 2.24) is 14.6 Å². The third-order valence-electron chi connectivity index (χ3n) is 5.73. The summed E-state index contributed by atoms with van der Waals surface area (Å²) in [5, 5.41) is 14.3. The van der Waals surface area contributed by atoms with E-state index in [0.717, 1.165) is 45.0 Å². The average Bonchev–Trinajstić information content (AvgIpc) is 3.24. The first-order valence-electron chi connectivity index (χ1n) is 11.5. The molecular weight excluding hydrogens is 471 g/mol. The number of halogens is 1. The molecule has 7 nitrogen and oxygen atoms in total. The van der Waals surface area contributed by atoms with Gasteiger partial charge in [0, 0.05) is 40.8 Å². The summed E-state index contributed by atoms with van der Waals surface area (Å²) >= 11 is 6.44. The summed E-state index contributed by atoms with van der Waals surface area (Å²) in [7, 11) is 1.98. The second-order valence-corrected chi connectivity index (χ2v) is 8.98. The summed E-state index contributed by atoms with van der Waals surface area (Å²) in [5.74, 6) is 0.790. The molecule has 2 amide bonds. The van der Waals surface area contributed by atoms with Gasteiger partial charge in [-0.15, -0.1) is 0 Å². The van der Waals surface area contributed by atoms with Crippen molar-refractivity contribution in [2.75, 3.05) is 16.0 Å². The Balaban J connectivity index is 1.34. The molecule has 0 saturated carbocycles. The Labute approximate surface area is 214 Å². The Kier molecular flexibility index (Phi) is 6.60. The minimum atomic E-state index is -0.294. The molecule has 0 saturated heterocycles. The number of urea groups is 1. The van der Waals surface area contributed by atoms with Gasteiger partial charge in [-0.3, -0.25) is 0 Å². The summed E-state index contributed by atoms with van der Waals surface area (Å²) in [6.07, 6.45) is 1.79. The summed E-state index contributed by atoms with van der Waals surface area (Å²) < 4.78 is 1.78. The third kappa shape index (κ3) is 5.19. The van der Waals surface area contributed by atoms with E-state index >= 15 is 0 Å². The molecule has 0 aliphatic carbocycles. The van der Waals surface area contributed by atoms with Crippen LogP contribution >= 0.6 is 11.6 Å². The molecule has 5 rings (SSSR count). The molecular formula is C27H24BClN6O. The molecule has 3 aromatic carbocycles. The van der Waals surface area contributed by atoms with Gasteiger partial charge in [-0.25, -0.2) is 9.78 Å². The van der Waals surface area contributed by atoms with E-state index in [0.29, 0.717) is 17.3 Å². The number of hydrogen-bond donors (Lipinski definition) is 3. The number of benzene rings is 3. The lowest BCUT2D eigenvalue weighted by molar-refractivity contribution is 0.262. The van der Waals surface area contributed by atoms with Crippen molar-refractivity contribution in [3.05, 3.63) is 101 Å². The average molecular weight is 495 g/mol. The highest BCUT2D eigenvalue weighted by atomic mass is 35.5. The van der Waals surface area contributed by atoms with Crippen molar-refractivity contribution in [2.45, 2.75) is 13.5 Å². The van der Waals surface area contributed by atoms with Crippen LogP contribution in [0.2, 0.25) is 5.02 Å². The van der Waals surface area contributed by atoms with Crippen molar-refractivity contribution in [3.8, 4) is 11.3 Å². The molecule has 2 aromatic heterocycles. The Bertz CT molecular complexity index is 1570. The molecule has 3 N–H and O–H groups in total. The first-order chi connectivity index (χ1) is 17.5. The smallest absolute Gasteiger partial charge is 0.323 e. The van der Waals surface area contributed by atoms with Crippen molar-refractivity contribution < 1.29 is 4.79 Å². The van der Waals surface area contributed by atoms with Crippen LogP contribution in [0.3, 0.4) is 0 Å². The number of carbonyl (C=O) groups excluding carboxylic acids is 1. The predicted molar refractivity (Wildman–Crippen MR) is 149 cm³/mol. The number of hydrogen-bond acceptors (Lipinski definition) is 4. The Morgan fingerprint density at radius 2 is 1.72 bits per heavy atom. The standard InChI is InChI=1S/C27H24BClN6O/c1-17-6-4-8-19(12-17)32-27(36)33-20-9-5-7-18(13-20)15-30-25-14-24(21-10-2-3-11-23(21)29)34-26-22(28)16-31-35(25)26/h2-14,16,30H,15,28H2,1H3,(H2,32,33,36). The summed E-state index contributed by atoms with van der Waals surface area (Å²) in [5.41, 5.74) is 6.88. The number of fused-ring (bicyclic) bond motifs is 1. The van der Waals surface area contributed by atoms with Gasteiger partial charge in [0.1, 0.15) is 13.7 Å². The van der Waals surface area contributed by atoms with Crippen LogP contribution in [0, 0.1) is 6.92 Å². The summed E-state index contributed by atoms with van der Waals surface area (Å²) in [4.78, 5) is 17.3. The minimum Gasteiger partial charge on any atom is -0.366 e. The highest BCUT2D eigenvalue weighted by molar-refractivity contribution is 6.36. The lowest BCUT2D eigenvalue weighted by Crippen LogP contribution is -2.19. The fourth-order valence-electron chi connectivity index (χ4n) is 3.97. The zero-order valence-corrected chi connectivity index (χ0v) is 20.7. The highest BCUT2D eigenvalue weighted by Gasteiger charge is 2.13. The van der Waals surface area contributed by atoms with Crippen LogP contribution in [0.5, 0.6) is 0 Å². The first-order valence-corrected chi connectivity index (χ1v) is 11.9. The molecule has 9 heteroatoms. The molecule has 0 unspecified atom stereocenters. The number of nitrogens with one attached hydrogen (secondary N) is 3. The minimum absolute atomic E-state index is 0.294. The number of nitrogens with zero attached hydrogens (tertiary/aromatic N) is 3. The SMILES string of the molecule is Bc1cnn2c(NCc3cccc(NC(=O)Nc4cccc(C)c4)c3)cc(-c3ccccc3Cl)nc12. The lowest BCUT2D eigenvalue weighted by atomic mass is 10.0. The Morgan fingerprint density at radius 1 is 0.972 bits per heavy atom. The monoisotopic (exact) mass is 494 g/mol. The molecule has 0 bridgehead atoms. The van der Waals surface area contributed by atoms with E-state index in [1.807, 2.05) is 93.6 Å². The Hall–Kier alpha value is -4.30. The maximum Gasteiger partial charge on any atom is 0.323 e. The van der Waals surface area contributed by atoms with Gasteiger partial charge in [0.25, 0.3) is 0 Å². The van der Waals surface area contributed by atoms with Gasteiger partial charge in [-0.1, -0.05) is 54.1 Å². The van der Waals surface area contributed by atoms with Gasteiger partial charge in [-0.05, 0) is 53.8 Å². The van der Waals surface area contributed by atoms with Crippen LogP contribution < -0.4 is 21.4 Å². The number of amides is 2. The highest BCUT2D eigenvalue weighted by Crippen LogP contribution is 2.28. The molecule has 36 heavy (non-hydrogen) atoms. The molecule has 178 valence electrons. The van der Waals surface area contributed by atoms with E-state index in [9.17, 15) is 4.79 Å². The van der Waals surface area contributed by atoms with Crippen LogP contribution in [0.15, 0.2) is 85.1 Å². The zero-order valence-electron chi connectivity index (χ0n) is 19.9. The Morgan fingerprint density at radius 3 is 2.50 bits per heavy atom. The van der Waals surface area contributed by atoms with Crippen LogP contribution in [0.4, 0.5) is 22.0 Å². The van der Waals surface area contributed by atoms with Gasteiger partial charge in [0.15, 0.2) is 5.65 Å². The summed E-state index contributed by atoms with van der Waals surface area (Å²) in [6.45, 7) is 2.51. The quantitative estimate of drug-likeness (QED) is 0.294. The maximum atomic E-state index is 12.5. The first kappa shape index (κ1) is 23.4. The van der Waals surface area contributed by atoms with Crippen molar-refractivity contribution >= 4 is 53.8 Å². The molecule has 5 aromatic rings. The van der Waals surface area contributed by atoms with Crippen LogP contribution in [-0.4, -0.2) is 28.5 Å². The maximum absolute atomic E-state index is 12.5. The molecule has 0 radical (unpaired) electrons. The fourth-order valence-corrected chi connectivity index (χ4v) is 4.21. The number of aryl methyl sites for hydroxylation is 1.